The summed E-state index contributed by atoms with van der Waals surface area (Å²) >= 11 is 0. The van der Waals surface area contributed by atoms with E-state index < -0.39 is 0 Å². The highest BCUT2D eigenvalue weighted by molar-refractivity contribution is 5.03. The lowest BCUT2D eigenvalue weighted by Gasteiger charge is -2.24. The van der Waals surface area contributed by atoms with Crippen molar-refractivity contribution in [2.45, 2.75) is 45.6 Å². The van der Waals surface area contributed by atoms with E-state index in [-0.39, 0.29) is 5.54 Å². The van der Waals surface area contributed by atoms with E-state index in [2.05, 4.69) is 30.1 Å². The number of hydrogen-bond acceptors (Lipinski definition) is 3. The molecule has 1 aliphatic heterocycles. The molecular formula is C13H25N3. The summed E-state index contributed by atoms with van der Waals surface area (Å²) in [6.07, 6.45) is 3.40. The first kappa shape index (κ1) is 13.5. The van der Waals surface area contributed by atoms with Crippen molar-refractivity contribution in [3.63, 3.8) is 0 Å². The molecule has 92 valence electrons. The molecule has 0 amide bonds. The smallest absolute Gasteiger partial charge is 0.103 e. The minimum absolute atomic E-state index is 0.333. The zero-order valence-corrected chi connectivity index (χ0v) is 10.9. The van der Waals surface area contributed by atoms with E-state index in [4.69, 9.17) is 5.26 Å². The van der Waals surface area contributed by atoms with Crippen molar-refractivity contribution < 1.29 is 0 Å². The maximum atomic E-state index is 9.12. The number of nitrogens with one attached hydrogen (secondary N) is 1. The molecule has 1 saturated heterocycles. The third-order valence-corrected chi connectivity index (χ3v) is 3.47. The fourth-order valence-corrected chi connectivity index (χ4v) is 2.46. The highest BCUT2D eigenvalue weighted by atomic mass is 15.1. The molecule has 0 radical (unpaired) electrons. The van der Waals surface area contributed by atoms with Crippen LogP contribution >= 0.6 is 0 Å². The number of likely N-dealkylation sites (tertiary alicyclic amines) is 1. The van der Waals surface area contributed by atoms with Gasteiger partial charge in [0.2, 0.25) is 0 Å². The number of nitrogens with zero attached hydrogens (tertiary/aromatic N) is 2. The normalized spacial score (nSPS) is 25.2. The van der Waals surface area contributed by atoms with E-state index in [9.17, 15) is 0 Å². The molecule has 1 rings (SSSR count). The Hall–Kier alpha value is -0.590. The topological polar surface area (TPSA) is 39.1 Å². The Morgan fingerprint density at radius 2 is 2.31 bits per heavy atom. The minimum Gasteiger partial charge on any atom is -0.303 e. The standard InChI is InChI=1S/C13H25N3/c1-4-15-13(3,11-14)7-5-8-16-9-6-12(2)10-16/h12,15H,4-10H2,1-3H3. The van der Waals surface area contributed by atoms with E-state index >= 15 is 0 Å². The molecule has 0 aromatic heterocycles. The van der Waals surface area contributed by atoms with Gasteiger partial charge in [0.05, 0.1) is 6.07 Å². The maximum Gasteiger partial charge on any atom is 0.103 e. The van der Waals surface area contributed by atoms with E-state index in [1.165, 1.54) is 19.5 Å². The van der Waals surface area contributed by atoms with Gasteiger partial charge in [-0.1, -0.05) is 13.8 Å². The number of rotatable bonds is 6. The van der Waals surface area contributed by atoms with Crippen LogP contribution in [0.25, 0.3) is 0 Å². The molecular weight excluding hydrogens is 198 g/mol. The third-order valence-electron chi connectivity index (χ3n) is 3.47. The summed E-state index contributed by atoms with van der Waals surface area (Å²) in [4.78, 5) is 2.52. The predicted molar refractivity (Wildman–Crippen MR) is 67.1 cm³/mol. The lowest BCUT2D eigenvalue weighted by molar-refractivity contribution is 0.300. The van der Waals surface area contributed by atoms with Gasteiger partial charge in [0.15, 0.2) is 0 Å². The fourth-order valence-electron chi connectivity index (χ4n) is 2.46. The molecule has 1 fully saturated rings. The largest absolute Gasteiger partial charge is 0.303 e. The fraction of sp³-hybridized carbons (Fsp3) is 0.923. The summed E-state index contributed by atoms with van der Waals surface area (Å²) < 4.78 is 0. The Morgan fingerprint density at radius 3 is 2.81 bits per heavy atom. The van der Waals surface area contributed by atoms with Gasteiger partial charge in [-0.15, -0.1) is 0 Å². The Labute approximate surface area is 99.8 Å². The quantitative estimate of drug-likeness (QED) is 0.748. The van der Waals surface area contributed by atoms with Gasteiger partial charge in [0.25, 0.3) is 0 Å². The first-order valence-corrected chi connectivity index (χ1v) is 6.48. The molecule has 0 aromatic rings. The predicted octanol–water partition coefficient (Wildman–Crippen LogP) is 2.00. The molecule has 0 spiro atoms. The molecule has 1 heterocycles. The summed E-state index contributed by atoms with van der Waals surface area (Å²) in [7, 11) is 0. The van der Waals surface area contributed by atoms with Crippen LogP contribution in [0, 0.1) is 17.2 Å². The zero-order valence-electron chi connectivity index (χ0n) is 10.9. The first-order chi connectivity index (χ1) is 7.59. The molecule has 0 bridgehead atoms. The van der Waals surface area contributed by atoms with Crippen LogP contribution in [0.1, 0.15) is 40.0 Å². The van der Waals surface area contributed by atoms with Crippen molar-refractivity contribution in [1.82, 2.24) is 10.2 Å². The van der Waals surface area contributed by atoms with Crippen molar-refractivity contribution in [3.05, 3.63) is 0 Å². The van der Waals surface area contributed by atoms with Gasteiger partial charge in [-0.2, -0.15) is 5.26 Å². The van der Waals surface area contributed by atoms with Gasteiger partial charge < -0.3 is 4.90 Å². The van der Waals surface area contributed by atoms with Crippen LogP contribution in [0.3, 0.4) is 0 Å². The second-order valence-corrected chi connectivity index (χ2v) is 5.27. The van der Waals surface area contributed by atoms with Crippen LogP contribution in [0.5, 0.6) is 0 Å². The van der Waals surface area contributed by atoms with Crippen LogP contribution in [-0.4, -0.2) is 36.6 Å². The summed E-state index contributed by atoms with van der Waals surface area (Å²) in [5.41, 5.74) is -0.333. The van der Waals surface area contributed by atoms with Crippen LogP contribution in [-0.2, 0) is 0 Å². The van der Waals surface area contributed by atoms with Crippen LogP contribution in [0.2, 0.25) is 0 Å². The summed E-state index contributed by atoms with van der Waals surface area (Å²) in [6, 6.07) is 2.38. The molecule has 3 nitrogen and oxygen atoms in total. The lowest BCUT2D eigenvalue weighted by Crippen LogP contribution is -2.41. The highest BCUT2D eigenvalue weighted by Crippen LogP contribution is 2.17. The van der Waals surface area contributed by atoms with Crippen molar-refractivity contribution in [1.29, 1.82) is 5.26 Å². The average molecular weight is 223 g/mol. The highest BCUT2D eigenvalue weighted by Gasteiger charge is 2.23. The second kappa shape index (κ2) is 6.22. The lowest BCUT2D eigenvalue weighted by atomic mass is 9.97. The van der Waals surface area contributed by atoms with Gasteiger partial charge in [0, 0.05) is 6.54 Å². The van der Waals surface area contributed by atoms with E-state index in [1.807, 2.05) is 6.92 Å². The summed E-state index contributed by atoms with van der Waals surface area (Å²) in [6.45, 7) is 10.9. The molecule has 2 unspecified atom stereocenters. The minimum atomic E-state index is -0.333. The summed E-state index contributed by atoms with van der Waals surface area (Å²) in [5.74, 6) is 0.858. The van der Waals surface area contributed by atoms with Crippen LogP contribution in [0.15, 0.2) is 0 Å². The van der Waals surface area contributed by atoms with Gasteiger partial charge >= 0.3 is 0 Å². The monoisotopic (exact) mass is 223 g/mol. The molecule has 0 aromatic carbocycles. The maximum absolute atomic E-state index is 9.12. The van der Waals surface area contributed by atoms with Gasteiger partial charge in [-0.05, 0) is 51.7 Å². The number of nitriles is 1. The Kier molecular flexibility index (Phi) is 5.24. The van der Waals surface area contributed by atoms with Crippen molar-refractivity contribution in [2.75, 3.05) is 26.2 Å². The number of hydrogen-bond donors (Lipinski definition) is 1. The van der Waals surface area contributed by atoms with Crippen molar-refractivity contribution >= 4 is 0 Å². The van der Waals surface area contributed by atoms with Crippen molar-refractivity contribution in [2.24, 2.45) is 5.92 Å². The molecule has 3 heteroatoms. The Balaban J connectivity index is 2.21. The zero-order chi connectivity index (χ0) is 12.0. The Morgan fingerprint density at radius 1 is 1.56 bits per heavy atom. The third kappa shape index (κ3) is 4.11. The van der Waals surface area contributed by atoms with E-state index in [0.29, 0.717) is 0 Å². The average Bonchev–Trinajstić information content (AvgIpc) is 2.65. The SMILES string of the molecule is CCNC(C)(C#N)CCCN1CCC(C)C1. The molecule has 1 aliphatic rings. The van der Waals surface area contributed by atoms with Gasteiger partial charge in [0.1, 0.15) is 5.54 Å². The van der Waals surface area contributed by atoms with Crippen LogP contribution in [0.4, 0.5) is 0 Å². The Bertz CT molecular complexity index is 246. The molecule has 0 aliphatic carbocycles. The van der Waals surface area contributed by atoms with E-state index in [0.717, 1.165) is 31.8 Å². The molecule has 1 N–H and O–H groups in total. The molecule has 0 saturated carbocycles. The van der Waals surface area contributed by atoms with Gasteiger partial charge in [-0.25, -0.2) is 0 Å². The second-order valence-electron chi connectivity index (χ2n) is 5.27. The van der Waals surface area contributed by atoms with Crippen LogP contribution < -0.4 is 5.32 Å². The molecule has 2 atom stereocenters. The first-order valence-electron chi connectivity index (χ1n) is 6.48. The van der Waals surface area contributed by atoms with Gasteiger partial charge in [-0.3, -0.25) is 5.32 Å². The van der Waals surface area contributed by atoms with E-state index in [1.54, 1.807) is 0 Å². The van der Waals surface area contributed by atoms with Crippen molar-refractivity contribution in [3.8, 4) is 6.07 Å². The molecule has 16 heavy (non-hydrogen) atoms. The summed E-state index contributed by atoms with van der Waals surface area (Å²) in [5, 5.41) is 12.4.